The SMILES string of the molecule is O=C(c1cnc2[nH]c(=O)[nH]c(=O)c2c1)N1CCC[C@H]1C1CCCCC1. The van der Waals surface area contributed by atoms with Gasteiger partial charge in [0.25, 0.3) is 11.5 Å². The highest BCUT2D eigenvalue weighted by atomic mass is 16.2. The van der Waals surface area contributed by atoms with E-state index in [0.717, 1.165) is 19.4 Å². The van der Waals surface area contributed by atoms with Crippen LogP contribution in [0.4, 0.5) is 0 Å². The van der Waals surface area contributed by atoms with E-state index in [0.29, 0.717) is 17.5 Å². The highest BCUT2D eigenvalue weighted by Crippen LogP contribution is 2.35. The zero-order valence-electron chi connectivity index (χ0n) is 14.1. The number of pyridine rings is 1. The van der Waals surface area contributed by atoms with Crippen molar-refractivity contribution >= 4 is 16.9 Å². The lowest BCUT2D eigenvalue weighted by Gasteiger charge is -2.34. The number of nitrogens with zero attached hydrogens (tertiary/aromatic N) is 2. The molecule has 0 spiro atoms. The van der Waals surface area contributed by atoms with E-state index in [2.05, 4.69) is 15.0 Å². The second-order valence-corrected chi connectivity index (χ2v) is 7.13. The monoisotopic (exact) mass is 342 g/mol. The highest BCUT2D eigenvalue weighted by Gasteiger charge is 2.35. The van der Waals surface area contributed by atoms with Crippen LogP contribution in [-0.4, -0.2) is 38.3 Å². The number of carbonyl (C=O) groups is 1. The van der Waals surface area contributed by atoms with Gasteiger partial charge in [-0.25, -0.2) is 9.78 Å². The van der Waals surface area contributed by atoms with Crippen LogP contribution in [0.15, 0.2) is 21.9 Å². The third kappa shape index (κ3) is 2.99. The lowest BCUT2D eigenvalue weighted by atomic mass is 9.83. The normalized spacial score (nSPS) is 21.8. The number of rotatable bonds is 2. The molecular weight excluding hydrogens is 320 g/mol. The average molecular weight is 342 g/mol. The van der Waals surface area contributed by atoms with Crippen LogP contribution < -0.4 is 11.2 Å². The predicted molar refractivity (Wildman–Crippen MR) is 93.6 cm³/mol. The van der Waals surface area contributed by atoms with E-state index in [1.54, 1.807) is 0 Å². The van der Waals surface area contributed by atoms with E-state index < -0.39 is 11.2 Å². The number of hydrogen-bond donors (Lipinski definition) is 2. The molecule has 1 atom stereocenters. The molecule has 25 heavy (non-hydrogen) atoms. The van der Waals surface area contributed by atoms with Crippen LogP contribution in [0.1, 0.15) is 55.3 Å². The van der Waals surface area contributed by atoms with Gasteiger partial charge in [0.2, 0.25) is 0 Å². The zero-order valence-corrected chi connectivity index (χ0v) is 14.1. The van der Waals surface area contributed by atoms with Crippen LogP contribution in [0.3, 0.4) is 0 Å². The molecule has 1 amide bonds. The number of fused-ring (bicyclic) bond motifs is 1. The van der Waals surface area contributed by atoms with Crippen molar-refractivity contribution in [1.29, 1.82) is 0 Å². The first-order valence-electron chi connectivity index (χ1n) is 9.07. The fraction of sp³-hybridized carbons (Fsp3) is 0.556. The largest absolute Gasteiger partial charge is 0.335 e. The first-order valence-corrected chi connectivity index (χ1v) is 9.07. The Balaban J connectivity index is 1.64. The summed E-state index contributed by atoms with van der Waals surface area (Å²) in [6, 6.07) is 1.84. The van der Waals surface area contributed by atoms with Gasteiger partial charge >= 0.3 is 5.69 Å². The van der Waals surface area contributed by atoms with Crippen LogP contribution in [0.5, 0.6) is 0 Å². The summed E-state index contributed by atoms with van der Waals surface area (Å²) in [5.41, 5.74) is -0.504. The van der Waals surface area contributed by atoms with Gasteiger partial charge in [0.15, 0.2) is 0 Å². The van der Waals surface area contributed by atoms with E-state index >= 15 is 0 Å². The van der Waals surface area contributed by atoms with Gasteiger partial charge in [0, 0.05) is 18.8 Å². The van der Waals surface area contributed by atoms with Gasteiger partial charge in [-0.05, 0) is 37.7 Å². The third-order valence-electron chi connectivity index (χ3n) is 5.59. The number of aromatic amines is 2. The Hall–Kier alpha value is -2.44. The molecule has 1 aliphatic carbocycles. The van der Waals surface area contributed by atoms with Gasteiger partial charge in [-0.1, -0.05) is 19.3 Å². The molecule has 1 saturated heterocycles. The number of hydrogen-bond acceptors (Lipinski definition) is 4. The molecule has 1 aliphatic heterocycles. The molecule has 1 saturated carbocycles. The smallest absolute Gasteiger partial charge is 0.327 e. The fourth-order valence-electron chi connectivity index (χ4n) is 4.38. The number of carbonyl (C=O) groups excluding carboxylic acids is 1. The maximum atomic E-state index is 13.0. The molecule has 2 N–H and O–H groups in total. The Bertz CT molecular complexity index is 910. The van der Waals surface area contributed by atoms with Gasteiger partial charge in [-0.3, -0.25) is 19.6 Å². The first kappa shape index (κ1) is 16.1. The van der Waals surface area contributed by atoms with Gasteiger partial charge in [0.1, 0.15) is 5.65 Å². The molecule has 2 aromatic heterocycles. The second kappa shape index (κ2) is 6.46. The molecule has 0 bridgehead atoms. The van der Waals surface area contributed by atoms with Crippen molar-refractivity contribution in [2.24, 2.45) is 5.92 Å². The molecule has 3 heterocycles. The van der Waals surface area contributed by atoms with Crippen LogP contribution in [0.25, 0.3) is 11.0 Å². The highest BCUT2D eigenvalue weighted by molar-refractivity contribution is 5.97. The second-order valence-electron chi connectivity index (χ2n) is 7.13. The topological polar surface area (TPSA) is 98.9 Å². The minimum Gasteiger partial charge on any atom is -0.335 e. The Morgan fingerprint density at radius 1 is 1.08 bits per heavy atom. The minimum absolute atomic E-state index is 0.0620. The van der Waals surface area contributed by atoms with Crippen molar-refractivity contribution in [3.8, 4) is 0 Å². The summed E-state index contributed by atoms with van der Waals surface area (Å²) in [6.45, 7) is 0.764. The van der Waals surface area contributed by atoms with Crippen LogP contribution >= 0.6 is 0 Å². The van der Waals surface area contributed by atoms with Crippen molar-refractivity contribution in [3.05, 3.63) is 38.7 Å². The van der Waals surface area contributed by atoms with Gasteiger partial charge < -0.3 is 4.90 Å². The number of amides is 1. The van der Waals surface area contributed by atoms with Crippen LogP contribution in [0, 0.1) is 5.92 Å². The molecule has 4 rings (SSSR count). The molecule has 2 fully saturated rings. The van der Waals surface area contributed by atoms with Gasteiger partial charge in [-0.2, -0.15) is 0 Å². The first-order chi connectivity index (χ1) is 12.1. The van der Waals surface area contributed by atoms with Crippen molar-refractivity contribution in [2.75, 3.05) is 6.54 Å². The summed E-state index contributed by atoms with van der Waals surface area (Å²) >= 11 is 0. The minimum atomic E-state index is -0.596. The molecule has 7 nitrogen and oxygen atoms in total. The van der Waals surface area contributed by atoms with E-state index in [9.17, 15) is 14.4 Å². The predicted octanol–water partition coefficient (Wildman–Crippen LogP) is 1.80. The van der Waals surface area contributed by atoms with Crippen molar-refractivity contribution in [3.63, 3.8) is 0 Å². The number of H-pyrrole nitrogens is 2. The maximum absolute atomic E-state index is 13.0. The summed E-state index contributed by atoms with van der Waals surface area (Å²) in [5.74, 6) is 0.529. The summed E-state index contributed by atoms with van der Waals surface area (Å²) < 4.78 is 0. The number of nitrogens with one attached hydrogen (secondary N) is 2. The van der Waals surface area contributed by atoms with E-state index in [1.165, 1.54) is 44.4 Å². The summed E-state index contributed by atoms with van der Waals surface area (Å²) in [5, 5.41) is 0.235. The molecule has 0 radical (unpaired) electrons. The summed E-state index contributed by atoms with van der Waals surface area (Å²) in [4.78, 5) is 47.1. The molecule has 0 unspecified atom stereocenters. The summed E-state index contributed by atoms with van der Waals surface area (Å²) in [6.07, 6.45) is 9.75. The van der Waals surface area contributed by atoms with Crippen LogP contribution in [0.2, 0.25) is 0 Å². The van der Waals surface area contributed by atoms with E-state index in [1.807, 2.05) is 4.90 Å². The molecule has 0 aromatic carbocycles. The van der Waals surface area contributed by atoms with Gasteiger partial charge in [0.05, 0.1) is 10.9 Å². The Kier molecular flexibility index (Phi) is 4.15. The lowest BCUT2D eigenvalue weighted by molar-refractivity contribution is 0.0661. The Morgan fingerprint density at radius 2 is 1.88 bits per heavy atom. The standard InChI is InChI=1S/C18H22N4O3/c23-16-13-9-12(10-19-15(13)20-18(25)21-16)17(24)22-8-4-7-14(22)11-5-2-1-3-6-11/h9-11,14H,1-8H2,(H2,19,20,21,23,25)/t14-/m0/s1. The molecule has 2 aliphatic rings. The molecular formula is C18H22N4O3. The van der Waals surface area contributed by atoms with Crippen molar-refractivity contribution in [2.45, 2.75) is 51.0 Å². The van der Waals surface area contributed by atoms with Crippen molar-refractivity contribution in [1.82, 2.24) is 19.9 Å². The van der Waals surface area contributed by atoms with E-state index in [4.69, 9.17) is 0 Å². The van der Waals surface area contributed by atoms with Crippen LogP contribution in [-0.2, 0) is 0 Å². The van der Waals surface area contributed by atoms with Gasteiger partial charge in [-0.15, -0.1) is 0 Å². The number of likely N-dealkylation sites (tertiary alicyclic amines) is 1. The maximum Gasteiger partial charge on any atom is 0.327 e. The fourth-order valence-corrected chi connectivity index (χ4v) is 4.38. The Labute approximate surface area is 144 Å². The lowest BCUT2D eigenvalue weighted by Crippen LogP contribution is -2.40. The molecule has 7 heteroatoms. The van der Waals surface area contributed by atoms with Crippen molar-refractivity contribution < 1.29 is 4.79 Å². The molecule has 132 valence electrons. The summed E-state index contributed by atoms with van der Waals surface area (Å²) in [7, 11) is 0. The Morgan fingerprint density at radius 3 is 2.68 bits per heavy atom. The molecule has 2 aromatic rings. The third-order valence-corrected chi connectivity index (χ3v) is 5.59. The zero-order chi connectivity index (χ0) is 17.4. The number of aromatic nitrogens is 3. The average Bonchev–Trinajstić information content (AvgIpc) is 3.11. The quantitative estimate of drug-likeness (QED) is 0.869. The van der Waals surface area contributed by atoms with E-state index in [-0.39, 0.29) is 16.9 Å².